The fourth-order valence-corrected chi connectivity index (χ4v) is 5.65. The average Bonchev–Trinajstić information content (AvgIpc) is 2.72. The van der Waals surface area contributed by atoms with Gasteiger partial charge in [0.1, 0.15) is 19.3 Å². The molecule has 1 aromatic rings. The summed E-state index contributed by atoms with van der Waals surface area (Å²) in [4.78, 5) is 37.3. The summed E-state index contributed by atoms with van der Waals surface area (Å²) in [6.07, 6.45) is -2.37. The van der Waals surface area contributed by atoms with Crippen LogP contribution in [0.4, 0.5) is 9.59 Å². The van der Waals surface area contributed by atoms with Crippen molar-refractivity contribution in [2.24, 2.45) is 0 Å². The molecule has 3 atom stereocenters. The summed E-state index contributed by atoms with van der Waals surface area (Å²) in [5, 5.41) is 2.49. The Morgan fingerprint density at radius 3 is 2.34 bits per heavy atom. The molecule has 32 heavy (non-hydrogen) atoms. The van der Waals surface area contributed by atoms with E-state index in [0.29, 0.717) is 0 Å². The number of rotatable bonds is 8. The van der Waals surface area contributed by atoms with E-state index in [2.05, 4.69) is 39.2 Å². The van der Waals surface area contributed by atoms with Crippen molar-refractivity contribution in [3.8, 4) is 0 Å². The summed E-state index contributed by atoms with van der Waals surface area (Å²) in [6, 6.07) is 7.88. The van der Waals surface area contributed by atoms with Crippen molar-refractivity contribution in [1.29, 1.82) is 0 Å². The Morgan fingerprint density at radius 2 is 1.78 bits per heavy atom. The molecule has 1 fully saturated rings. The number of carbonyl (C=O) groups is 3. The topological polar surface area (TPSA) is 103 Å². The van der Waals surface area contributed by atoms with E-state index < -0.39 is 38.9 Å². The first kappa shape index (κ1) is 25.7. The van der Waals surface area contributed by atoms with Gasteiger partial charge in [0.15, 0.2) is 8.24 Å². The number of alkyl carbamates (subject to hydrolysis) is 1. The van der Waals surface area contributed by atoms with Crippen LogP contribution in [0.15, 0.2) is 30.3 Å². The maximum atomic E-state index is 13.0. The SMILES string of the molecule is COC(C)OC(=O)OCC1C(NC(=O)OCc2ccccc2)C(=O)N1[Si](C)(C)C(C)(C)C. The molecule has 0 aliphatic carbocycles. The molecule has 0 bridgehead atoms. The molecular formula is C22H34N2O7Si. The molecule has 178 valence electrons. The zero-order valence-corrected chi connectivity index (χ0v) is 20.8. The van der Waals surface area contributed by atoms with E-state index in [1.54, 1.807) is 11.5 Å². The minimum atomic E-state index is -2.29. The van der Waals surface area contributed by atoms with Crippen LogP contribution in [0.2, 0.25) is 18.1 Å². The summed E-state index contributed by atoms with van der Waals surface area (Å²) in [5.74, 6) is -0.208. The fraction of sp³-hybridized carbons (Fsp3) is 0.591. The van der Waals surface area contributed by atoms with Gasteiger partial charge in [-0.3, -0.25) is 4.79 Å². The van der Waals surface area contributed by atoms with Crippen LogP contribution in [0, 0.1) is 0 Å². The second kappa shape index (κ2) is 10.3. The van der Waals surface area contributed by atoms with Crippen LogP contribution in [0.3, 0.4) is 0 Å². The average molecular weight is 467 g/mol. The zero-order valence-electron chi connectivity index (χ0n) is 19.8. The van der Waals surface area contributed by atoms with Crippen LogP contribution in [0.25, 0.3) is 0 Å². The summed E-state index contributed by atoms with van der Waals surface area (Å²) in [5.41, 5.74) is 0.834. The molecule has 0 radical (unpaired) electrons. The molecule has 9 nitrogen and oxygen atoms in total. The molecule has 0 spiro atoms. The van der Waals surface area contributed by atoms with Crippen LogP contribution in [0.5, 0.6) is 0 Å². The van der Waals surface area contributed by atoms with Gasteiger partial charge in [0, 0.05) is 7.11 Å². The summed E-state index contributed by atoms with van der Waals surface area (Å²) in [7, 11) is -0.882. The second-order valence-corrected chi connectivity index (χ2v) is 14.4. The Hall–Kier alpha value is -2.59. The molecule has 1 N–H and O–H groups in total. The number of hydrogen-bond donors (Lipinski definition) is 1. The standard InChI is InChI=1S/C22H34N2O7Si/c1-15(28-5)31-21(27)30-14-17-18(19(25)24(17)32(6,7)22(2,3)4)23-20(26)29-13-16-11-9-8-10-12-16/h8-12,15,17-18H,13-14H2,1-7H3,(H,23,26). The molecule has 0 aromatic heterocycles. The van der Waals surface area contributed by atoms with Gasteiger partial charge in [0.25, 0.3) is 0 Å². The van der Waals surface area contributed by atoms with Crippen molar-refractivity contribution >= 4 is 26.4 Å². The molecule has 1 saturated heterocycles. The van der Waals surface area contributed by atoms with E-state index in [9.17, 15) is 14.4 Å². The number of hydrogen-bond acceptors (Lipinski definition) is 7. The van der Waals surface area contributed by atoms with Gasteiger partial charge in [-0.2, -0.15) is 0 Å². The predicted molar refractivity (Wildman–Crippen MR) is 120 cm³/mol. The monoisotopic (exact) mass is 466 g/mol. The number of β-lactam (4-membered cyclic amide) rings is 1. The lowest BCUT2D eigenvalue weighted by atomic mass is 10.00. The normalized spacial score (nSPS) is 19.6. The molecule has 1 aliphatic heterocycles. The first-order valence-corrected chi connectivity index (χ1v) is 13.5. The van der Waals surface area contributed by atoms with Crippen LogP contribution in [-0.2, 0) is 30.3 Å². The maximum Gasteiger partial charge on any atom is 0.510 e. The number of carbonyl (C=O) groups excluding carboxylic acids is 3. The summed E-state index contributed by atoms with van der Waals surface area (Å²) in [6.45, 7) is 11.9. The highest BCUT2D eigenvalue weighted by Gasteiger charge is 2.58. The quantitative estimate of drug-likeness (QED) is 0.270. The number of nitrogens with one attached hydrogen (secondary N) is 1. The third kappa shape index (κ3) is 6.01. The maximum absolute atomic E-state index is 13.0. The molecule has 0 saturated carbocycles. The molecule has 2 rings (SSSR count). The third-order valence-electron chi connectivity index (χ3n) is 6.11. The molecule has 1 heterocycles. The highest BCUT2D eigenvalue weighted by Crippen LogP contribution is 2.43. The van der Waals surface area contributed by atoms with Gasteiger partial charge >= 0.3 is 12.2 Å². The number of ether oxygens (including phenoxy) is 4. The number of methoxy groups -OCH3 is 1. The lowest BCUT2D eigenvalue weighted by molar-refractivity contribution is -0.147. The van der Waals surface area contributed by atoms with Crippen LogP contribution < -0.4 is 5.32 Å². The minimum Gasteiger partial charge on any atom is -0.445 e. The molecule has 10 heteroatoms. The van der Waals surface area contributed by atoms with Crippen molar-refractivity contribution in [1.82, 2.24) is 9.88 Å². The van der Waals surface area contributed by atoms with Gasteiger partial charge in [0.05, 0.1) is 6.04 Å². The minimum absolute atomic E-state index is 0.0852. The highest BCUT2D eigenvalue weighted by atomic mass is 28.3. The first-order valence-electron chi connectivity index (χ1n) is 10.5. The van der Waals surface area contributed by atoms with E-state index in [1.165, 1.54) is 7.11 Å². The molecular weight excluding hydrogens is 432 g/mol. The second-order valence-electron chi connectivity index (χ2n) is 9.25. The molecule has 1 aliphatic rings. The van der Waals surface area contributed by atoms with E-state index in [1.807, 2.05) is 30.3 Å². The van der Waals surface area contributed by atoms with Crippen molar-refractivity contribution in [2.75, 3.05) is 13.7 Å². The van der Waals surface area contributed by atoms with Gasteiger partial charge in [-0.15, -0.1) is 0 Å². The predicted octanol–water partition coefficient (Wildman–Crippen LogP) is 3.64. The van der Waals surface area contributed by atoms with E-state index in [4.69, 9.17) is 18.9 Å². The largest absolute Gasteiger partial charge is 0.510 e. The third-order valence-corrected chi connectivity index (χ3v) is 11.5. The van der Waals surface area contributed by atoms with Crippen LogP contribution in [0.1, 0.15) is 33.3 Å². The number of benzene rings is 1. The van der Waals surface area contributed by atoms with Crippen LogP contribution >= 0.6 is 0 Å². The Labute approximate surface area is 190 Å². The van der Waals surface area contributed by atoms with Gasteiger partial charge in [0.2, 0.25) is 12.2 Å². The molecule has 3 unspecified atom stereocenters. The van der Waals surface area contributed by atoms with Crippen molar-refractivity contribution in [3.63, 3.8) is 0 Å². The van der Waals surface area contributed by atoms with Gasteiger partial charge in [-0.05, 0) is 17.5 Å². The number of amides is 2. The smallest absolute Gasteiger partial charge is 0.445 e. The van der Waals surface area contributed by atoms with Gasteiger partial charge in [-0.25, -0.2) is 9.59 Å². The van der Waals surface area contributed by atoms with Crippen molar-refractivity contribution in [2.45, 2.75) is 70.8 Å². The molecule has 2 amide bonds. The highest BCUT2D eigenvalue weighted by molar-refractivity contribution is 6.80. The summed E-state index contributed by atoms with van der Waals surface area (Å²) < 4.78 is 22.1. The van der Waals surface area contributed by atoms with Crippen LogP contribution in [-0.4, -0.2) is 63.0 Å². The van der Waals surface area contributed by atoms with E-state index in [-0.39, 0.29) is 24.2 Å². The lowest BCUT2D eigenvalue weighted by Gasteiger charge is -2.57. The Bertz CT molecular complexity index is 810. The first-order chi connectivity index (χ1) is 14.9. The number of nitrogens with zero attached hydrogens (tertiary/aromatic N) is 1. The van der Waals surface area contributed by atoms with Crippen molar-refractivity contribution < 1.29 is 33.3 Å². The van der Waals surface area contributed by atoms with Gasteiger partial charge in [-0.1, -0.05) is 64.2 Å². The Morgan fingerprint density at radius 1 is 1.16 bits per heavy atom. The fourth-order valence-electron chi connectivity index (χ4n) is 3.19. The van der Waals surface area contributed by atoms with Crippen molar-refractivity contribution in [3.05, 3.63) is 35.9 Å². The summed E-state index contributed by atoms with van der Waals surface area (Å²) >= 11 is 0. The zero-order chi connectivity index (χ0) is 24.1. The Balaban J connectivity index is 2.07. The lowest BCUT2D eigenvalue weighted by Crippen LogP contribution is -2.79. The van der Waals surface area contributed by atoms with Gasteiger partial charge < -0.3 is 28.8 Å². The molecule has 1 aromatic carbocycles. The Kier molecular flexibility index (Phi) is 8.30. The van der Waals surface area contributed by atoms with E-state index >= 15 is 0 Å². The van der Waals surface area contributed by atoms with E-state index in [0.717, 1.165) is 5.56 Å².